The van der Waals surface area contributed by atoms with Crippen molar-refractivity contribution < 1.29 is 14.3 Å². The predicted molar refractivity (Wildman–Crippen MR) is 111 cm³/mol. The highest BCUT2D eigenvalue weighted by molar-refractivity contribution is 6.00. The molecule has 3 rings (SSSR count). The summed E-state index contributed by atoms with van der Waals surface area (Å²) in [6.07, 6.45) is 0. The third-order valence-corrected chi connectivity index (χ3v) is 4.56. The highest BCUT2D eigenvalue weighted by atomic mass is 16.5. The molecule has 0 aromatic heterocycles. The number of rotatable bonds is 5. The van der Waals surface area contributed by atoms with Crippen molar-refractivity contribution in [2.24, 2.45) is 0 Å². The summed E-state index contributed by atoms with van der Waals surface area (Å²) in [6, 6.07) is 21.8. The second kappa shape index (κ2) is 8.85. The molecule has 0 fully saturated rings. The minimum absolute atomic E-state index is 0.301. The number of hydrogen-bond donors (Lipinski definition) is 1. The molecule has 0 saturated carbocycles. The Morgan fingerprint density at radius 3 is 2.21 bits per heavy atom. The maximum absolute atomic E-state index is 12.6. The number of nitrogens with zero attached hydrogens (tertiary/aromatic N) is 1. The highest BCUT2D eigenvalue weighted by Crippen LogP contribution is 2.27. The van der Waals surface area contributed by atoms with E-state index in [1.807, 2.05) is 32.0 Å². The van der Waals surface area contributed by atoms with Gasteiger partial charge in [-0.3, -0.25) is 4.79 Å². The first-order chi connectivity index (χ1) is 14.0. The molecule has 0 radical (unpaired) electrons. The molecule has 144 valence electrons. The number of para-hydroxylation sites is 1. The van der Waals surface area contributed by atoms with Crippen molar-refractivity contribution in [3.8, 4) is 17.2 Å². The lowest BCUT2D eigenvalue weighted by atomic mass is 9.96. The van der Waals surface area contributed by atoms with E-state index in [9.17, 15) is 14.9 Å². The van der Waals surface area contributed by atoms with Gasteiger partial charge in [0, 0.05) is 11.3 Å². The lowest BCUT2D eigenvalue weighted by Crippen LogP contribution is -2.22. The number of anilines is 1. The van der Waals surface area contributed by atoms with Gasteiger partial charge in [-0.05, 0) is 42.7 Å². The van der Waals surface area contributed by atoms with E-state index >= 15 is 0 Å². The smallest absolute Gasteiger partial charge is 0.339 e. The summed E-state index contributed by atoms with van der Waals surface area (Å²) in [6.45, 7) is 3.40. The van der Waals surface area contributed by atoms with Gasteiger partial charge in [-0.25, -0.2) is 4.79 Å². The molecule has 0 atom stereocenters. The van der Waals surface area contributed by atoms with Gasteiger partial charge >= 0.3 is 5.97 Å². The van der Waals surface area contributed by atoms with Crippen molar-refractivity contribution in [1.29, 1.82) is 5.26 Å². The molecule has 0 heterocycles. The van der Waals surface area contributed by atoms with Crippen LogP contribution in [0, 0.1) is 25.2 Å². The van der Waals surface area contributed by atoms with Crippen molar-refractivity contribution in [1.82, 2.24) is 0 Å². The van der Waals surface area contributed by atoms with Crippen molar-refractivity contribution in [3.63, 3.8) is 0 Å². The Kier molecular flexibility index (Phi) is 6.06. The Morgan fingerprint density at radius 1 is 0.897 bits per heavy atom. The zero-order valence-electron chi connectivity index (χ0n) is 16.2. The van der Waals surface area contributed by atoms with E-state index in [1.165, 1.54) is 0 Å². The molecule has 1 N–H and O–H groups in total. The van der Waals surface area contributed by atoms with Crippen molar-refractivity contribution >= 4 is 17.6 Å². The molecule has 5 heteroatoms. The summed E-state index contributed by atoms with van der Waals surface area (Å²) in [7, 11) is 0. The van der Waals surface area contributed by atoms with Crippen molar-refractivity contribution in [2.75, 3.05) is 11.9 Å². The predicted octanol–water partition coefficient (Wildman–Crippen LogP) is 4.64. The molecule has 0 saturated heterocycles. The summed E-state index contributed by atoms with van der Waals surface area (Å²) in [5, 5.41) is 12.1. The third-order valence-electron chi connectivity index (χ3n) is 4.56. The summed E-state index contributed by atoms with van der Waals surface area (Å²) >= 11 is 0. The minimum Gasteiger partial charge on any atom is -0.452 e. The maximum atomic E-state index is 12.6. The molecule has 0 aliphatic rings. The van der Waals surface area contributed by atoms with Gasteiger partial charge in [-0.15, -0.1) is 0 Å². The molecule has 0 bridgehead atoms. The fourth-order valence-electron chi connectivity index (χ4n) is 3.11. The lowest BCUT2D eigenvalue weighted by Gasteiger charge is -2.13. The zero-order valence-corrected chi connectivity index (χ0v) is 16.2. The summed E-state index contributed by atoms with van der Waals surface area (Å²) in [5.41, 5.74) is 4.58. The number of carbonyl (C=O) groups is 2. The zero-order chi connectivity index (χ0) is 20.8. The van der Waals surface area contributed by atoms with Crippen LogP contribution in [0.25, 0.3) is 11.1 Å². The fourth-order valence-corrected chi connectivity index (χ4v) is 3.11. The molecule has 5 nitrogen and oxygen atoms in total. The number of nitrogens with one attached hydrogen (secondary N) is 1. The van der Waals surface area contributed by atoms with E-state index in [0.717, 1.165) is 16.8 Å². The SMILES string of the molecule is Cc1cccc(C)c1NC(=O)COC(=O)c1ccccc1-c1ccccc1C#N. The number of amides is 1. The van der Waals surface area contributed by atoms with Crippen molar-refractivity contribution in [2.45, 2.75) is 13.8 Å². The molecule has 3 aromatic rings. The van der Waals surface area contributed by atoms with E-state index in [0.29, 0.717) is 22.3 Å². The van der Waals surface area contributed by atoms with E-state index in [1.54, 1.807) is 48.5 Å². The number of carbonyl (C=O) groups excluding carboxylic acids is 2. The van der Waals surface area contributed by atoms with Gasteiger partial charge < -0.3 is 10.1 Å². The number of hydrogen-bond acceptors (Lipinski definition) is 4. The van der Waals surface area contributed by atoms with Crippen LogP contribution in [0.15, 0.2) is 66.7 Å². The Morgan fingerprint density at radius 2 is 1.52 bits per heavy atom. The second-order valence-electron chi connectivity index (χ2n) is 6.59. The Labute approximate surface area is 169 Å². The molecular weight excluding hydrogens is 364 g/mol. The van der Waals surface area contributed by atoms with Crippen LogP contribution >= 0.6 is 0 Å². The average molecular weight is 384 g/mol. The number of esters is 1. The third kappa shape index (κ3) is 4.50. The molecule has 3 aromatic carbocycles. The van der Waals surface area contributed by atoms with Crippen LogP contribution < -0.4 is 5.32 Å². The van der Waals surface area contributed by atoms with Crippen LogP contribution in [-0.2, 0) is 9.53 Å². The first-order valence-electron chi connectivity index (χ1n) is 9.13. The molecule has 1 amide bonds. The monoisotopic (exact) mass is 384 g/mol. The summed E-state index contributed by atoms with van der Waals surface area (Å²) < 4.78 is 5.24. The Hall–Kier alpha value is -3.91. The fraction of sp³-hybridized carbons (Fsp3) is 0.125. The van der Waals surface area contributed by atoms with E-state index in [4.69, 9.17) is 4.74 Å². The molecular formula is C24H20N2O3. The second-order valence-corrected chi connectivity index (χ2v) is 6.59. The first kappa shape index (κ1) is 19.8. The Bertz CT molecular complexity index is 1090. The molecule has 0 spiro atoms. The van der Waals surface area contributed by atoms with Crippen LogP contribution in [0.4, 0.5) is 5.69 Å². The van der Waals surface area contributed by atoms with Gasteiger partial charge in [0.15, 0.2) is 6.61 Å². The number of ether oxygens (including phenoxy) is 1. The van der Waals surface area contributed by atoms with Gasteiger partial charge in [0.25, 0.3) is 5.91 Å². The van der Waals surface area contributed by atoms with E-state index in [2.05, 4.69) is 11.4 Å². The van der Waals surface area contributed by atoms with Crippen LogP contribution in [0.5, 0.6) is 0 Å². The van der Waals surface area contributed by atoms with Crippen molar-refractivity contribution in [3.05, 3.63) is 89.0 Å². The number of aryl methyl sites for hydroxylation is 2. The topological polar surface area (TPSA) is 79.2 Å². The number of benzene rings is 3. The van der Waals surface area contributed by atoms with Gasteiger partial charge in [0.2, 0.25) is 0 Å². The highest BCUT2D eigenvalue weighted by Gasteiger charge is 2.17. The van der Waals surface area contributed by atoms with Gasteiger partial charge in [-0.2, -0.15) is 5.26 Å². The standard InChI is InChI=1S/C24H20N2O3/c1-16-8-7-9-17(2)23(16)26-22(27)15-29-24(28)21-13-6-5-12-20(21)19-11-4-3-10-18(19)14-25/h3-13H,15H2,1-2H3,(H,26,27). The Balaban J connectivity index is 1.75. The van der Waals surface area contributed by atoms with Crippen LogP contribution in [0.3, 0.4) is 0 Å². The van der Waals surface area contributed by atoms with E-state index in [-0.39, 0.29) is 0 Å². The van der Waals surface area contributed by atoms with Crippen LogP contribution in [0.2, 0.25) is 0 Å². The minimum atomic E-state index is -0.620. The van der Waals surface area contributed by atoms with Gasteiger partial charge in [-0.1, -0.05) is 54.6 Å². The van der Waals surface area contributed by atoms with Gasteiger partial charge in [0.1, 0.15) is 0 Å². The normalized spacial score (nSPS) is 10.1. The molecule has 29 heavy (non-hydrogen) atoms. The molecule has 0 aliphatic carbocycles. The average Bonchev–Trinajstić information content (AvgIpc) is 2.74. The molecule has 0 unspecified atom stereocenters. The largest absolute Gasteiger partial charge is 0.452 e. The number of nitriles is 1. The van der Waals surface area contributed by atoms with Gasteiger partial charge in [0.05, 0.1) is 17.2 Å². The lowest BCUT2D eigenvalue weighted by molar-refractivity contribution is -0.119. The summed E-state index contributed by atoms with van der Waals surface area (Å²) in [4.78, 5) is 24.9. The molecule has 0 aliphatic heterocycles. The van der Waals surface area contributed by atoms with E-state index < -0.39 is 18.5 Å². The van der Waals surface area contributed by atoms with Crippen LogP contribution in [0.1, 0.15) is 27.0 Å². The quantitative estimate of drug-likeness (QED) is 0.650. The summed E-state index contributed by atoms with van der Waals surface area (Å²) in [5.74, 6) is -1.03. The first-order valence-corrected chi connectivity index (χ1v) is 9.13. The maximum Gasteiger partial charge on any atom is 0.339 e. The van der Waals surface area contributed by atoms with Crippen LogP contribution in [-0.4, -0.2) is 18.5 Å².